The zero-order chi connectivity index (χ0) is 14.5. The van der Waals surface area contributed by atoms with Gasteiger partial charge in [0, 0.05) is 32.2 Å². The van der Waals surface area contributed by atoms with E-state index in [1.54, 1.807) is 0 Å². The van der Waals surface area contributed by atoms with Gasteiger partial charge < -0.3 is 15.1 Å². The van der Waals surface area contributed by atoms with Crippen molar-refractivity contribution in [1.29, 1.82) is 0 Å². The zero-order valence-electron chi connectivity index (χ0n) is 14.0. The molecule has 0 atom stereocenters. The van der Waals surface area contributed by atoms with E-state index in [-0.39, 0.29) is 0 Å². The molecule has 0 unspecified atom stereocenters. The molecule has 116 valence electrons. The normalized spacial score (nSPS) is 21.2. The maximum Gasteiger partial charge on any atom is 0.0107 e. The van der Waals surface area contributed by atoms with Crippen LogP contribution in [0.25, 0.3) is 0 Å². The van der Waals surface area contributed by atoms with Crippen molar-refractivity contribution < 1.29 is 0 Å². The molecular weight excluding hydrogens is 234 g/mol. The summed E-state index contributed by atoms with van der Waals surface area (Å²) in [6.07, 6.45) is 4.28. The topological polar surface area (TPSA) is 18.5 Å². The van der Waals surface area contributed by atoms with Gasteiger partial charge in [0.1, 0.15) is 0 Å². The van der Waals surface area contributed by atoms with Crippen LogP contribution in [-0.2, 0) is 0 Å². The minimum atomic E-state index is 0.769. The lowest BCUT2D eigenvalue weighted by Crippen LogP contribution is -2.43. The Kier molecular flexibility index (Phi) is 12.8. The van der Waals surface area contributed by atoms with E-state index < -0.39 is 0 Å². The number of rotatable bonds is 2. The maximum absolute atomic E-state index is 3.31. The molecule has 0 saturated carbocycles. The van der Waals surface area contributed by atoms with Crippen molar-refractivity contribution in [2.45, 2.75) is 59.9 Å². The second kappa shape index (κ2) is 12.9. The summed E-state index contributed by atoms with van der Waals surface area (Å²) in [6.45, 7) is 19.5. The van der Waals surface area contributed by atoms with Gasteiger partial charge in [-0.1, -0.05) is 27.2 Å². The van der Waals surface area contributed by atoms with E-state index in [0.717, 1.165) is 6.04 Å². The van der Waals surface area contributed by atoms with Crippen molar-refractivity contribution in [3.63, 3.8) is 0 Å². The lowest BCUT2D eigenvalue weighted by Gasteiger charge is -2.29. The van der Waals surface area contributed by atoms with Crippen LogP contribution in [0, 0.1) is 0 Å². The molecule has 0 aromatic carbocycles. The minimum absolute atomic E-state index is 0.769. The van der Waals surface area contributed by atoms with E-state index in [1.165, 1.54) is 65.1 Å². The molecule has 1 N–H and O–H groups in total. The van der Waals surface area contributed by atoms with Gasteiger partial charge in [0.05, 0.1) is 0 Å². The summed E-state index contributed by atoms with van der Waals surface area (Å²) in [6, 6.07) is 0.769. The molecule has 0 radical (unpaired) electrons. The van der Waals surface area contributed by atoms with Gasteiger partial charge in [-0.25, -0.2) is 0 Å². The van der Waals surface area contributed by atoms with Gasteiger partial charge in [0.2, 0.25) is 0 Å². The third kappa shape index (κ3) is 9.42. The van der Waals surface area contributed by atoms with Gasteiger partial charge in [0.15, 0.2) is 0 Å². The summed E-state index contributed by atoms with van der Waals surface area (Å²) in [4.78, 5) is 5.01. The Morgan fingerprint density at radius 3 is 1.74 bits per heavy atom. The number of likely N-dealkylation sites (N-methyl/N-ethyl adjacent to an activating group) is 1. The highest BCUT2D eigenvalue weighted by molar-refractivity contribution is 4.67. The van der Waals surface area contributed by atoms with Crippen molar-refractivity contribution in [2.75, 3.05) is 45.8 Å². The van der Waals surface area contributed by atoms with Gasteiger partial charge >= 0.3 is 0 Å². The Bertz CT molecular complexity index is 171. The van der Waals surface area contributed by atoms with Crippen LogP contribution in [0.3, 0.4) is 0 Å². The number of nitrogens with zero attached hydrogens (tertiary/aromatic N) is 2. The lowest BCUT2D eigenvalue weighted by atomic mass is 10.1. The smallest absolute Gasteiger partial charge is 0.0107 e. The largest absolute Gasteiger partial charge is 0.314 e. The SMILES string of the molecule is CC.CC(C)N1CCCCC1.CCN1CCNCC1. The van der Waals surface area contributed by atoms with Gasteiger partial charge in [-0.05, 0) is 46.3 Å². The standard InChI is InChI=1S/C8H17N.C6H14N2.C2H6/c1-8(2)9-6-4-3-5-7-9;1-2-8-5-3-7-4-6-8;1-2/h8H,3-7H2,1-2H3;7H,2-6H2,1H3;1-2H3. The first-order valence-corrected chi connectivity index (χ1v) is 8.41. The highest BCUT2D eigenvalue weighted by atomic mass is 15.2. The molecule has 0 spiro atoms. The summed E-state index contributed by atoms with van der Waals surface area (Å²) in [5.74, 6) is 0. The minimum Gasteiger partial charge on any atom is -0.314 e. The van der Waals surface area contributed by atoms with E-state index in [2.05, 4.69) is 35.9 Å². The molecule has 19 heavy (non-hydrogen) atoms. The van der Waals surface area contributed by atoms with Crippen LogP contribution in [0.5, 0.6) is 0 Å². The molecule has 0 bridgehead atoms. The Balaban J connectivity index is 0.000000303. The molecule has 0 amide bonds. The van der Waals surface area contributed by atoms with Gasteiger partial charge in [-0.2, -0.15) is 0 Å². The Hall–Kier alpha value is -0.120. The van der Waals surface area contributed by atoms with Crippen LogP contribution in [-0.4, -0.2) is 61.7 Å². The molecule has 2 aliphatic heterocycles. The molecule has 3 nitrogen and oxygen atoms in total. The first-order chi connectivity index (χ1) is 9.24. The number of likely N-dealkylation sites (tertiary alicyclic amines) is 1. The first-order valence-electron chi connectivity index (χ1n) is 8.41. The fourth-order valence-corrected chi connectivity index (χ4v) is 2.46. The molecule has 2 rings (SSSR count). The number of piperidine rings is 1. The molecule has 0 aromatic heterocycles. The fraction of sp³-hybridized carbons (Fsp3) is 1.00. The number of hydrogen-bond donors (Lipinski definition) is 1. The predicted molar refractivity (Wildman–Crippen MR) is 86.9 cm³/mol. The fourth-order valence-electron chi connectivity index (χ4n) is 2.46. The van der Waals surface area contributed by atoms with Crippen LogP contribution in [0.1, 0.15) is 53.9 Å². The van der Waals surface area contributed by atoms with E-state index in [4.69, 9.17) is 0 Å². The van der Waals surface area contributed by atoms with Crippen molar-refractivity contribution >= 4 is 0 Å². The average Bonchev–Trinajstić information content (AvgIpc) is 2.51. The number of hydrogen-bond acceptors (Lipinski definition) is 3. The Morgan fingerprint density at radius 1 is 0.895 bits per heavy atom. The third-order valence-corrected chi connectivity index (χ3v) is 3.78. The molecule has 2 aliphatic rings. The Labute approximate surface area is 121 Å². The number of piperazine rings is 1. The second-order valence-corrected chi connectivity index (χ2v) is 5.37. The number of nitrogens with one attached hydrogen (secondary N) is 1. The monoisotopic (exact) mass is 271 g/mol. The van der Waals surface area contributed by atoms with E-state index in [0.29, 0.717) is 0 Å². The van der Waals surface area contributed by atoms with Crippen molar-refractivity contribution in [2.24, 2.45) is 0 Å². The van der Waals surface area contributed by atoms with Gasteiger partial charge in [0.25, 0.3) is 0 Å². The lowest BCUT2D eigenvalue weighted by molar-refractivity contribution is 0.185. The van der Waals surface area contributed by atoms with Crippen LogP contribution in [0.2, 0.25) is 0 Å². The molecule has 2 saturated heterocycles. The summed E-state index contributed by atoms with van der Waals surface area (Å²) < 4.78 is 0. The van der Waals surface area contributed by atoms with Gasteiger partial charge in [-0.15, -0.1) is 0 Å². The molecule has 3 heteroatoms. The highest BCUT2D eigenvalue weighted by Crippen LogP contribution is 2.10. The molecule has 0 aliphatic carbocycles. The average molecular weight is 271 g/mol. The van der Waals surface area contributed by atoms with Crippen LogP contribution < -0.4 is 5.32 Å². The summed E-state index contributed by atoms with van der Waals surface area (Å²) in [5, 5.41) is 3.31. The summed E-state index contributed by atoms with van der Waals surface area (Å²) in [5.41, 5.74) is 0. The Morgan fingerprint density at radius 2 is 1.42 bits per heavy atom. The predicted octanol–water partition coefficient (Wildman–Crippen LogP) is 2.82. The van der Waals surface area contributed by atoms with E-state index in [1.807, 2.05) is 13.8 Å². The maximum atomic E-state index is 3.31. The van der Waals surface area contributed by atoms with Crippen molar-refractivity contribution in [1.82, 2.24) is 15.1 Å². The van der Waals surface area contributed by atoms with Crippen molar-refractivity contribution in [3.8, 4) is 0 Å². The van der Waals surface area contributed by atoms with E-state index in [9.17, 15) is 0 Å². The van der Waals surface area contributed by atoms with E-state index >= 15 is 0 Å². The molecule has 0 aromatic rings. The zero-order valence-corrected chi connectivity index (χ0v) is 14.0. The van der Waals surface area contributed by atoms with Crippen LogP contribution in [0.15, 0.2) is 0 Å². The third-order valence-electron chi connectivity index (χ3n) is 3.78. The van der Waals surface area contributed by atoms with Crippen molar-refractivity contribution in [3.05, 3.63) is 0 Å². The van der Waals surface area contributed by atoms with Crippen LogP contribution >= 0.6 is 0 Å². The van der Waals surface area contributed by atoms with Gasteiger partial charge in [-0.3, -0.25) is 0 Å². The summed E-state index contributed by atoms with van der Waals surface area (Å²) >= 11 is 0. The summed E-state index contributed by atoms with van der Waals surface area (Å²) in [7, 11) is 0. The quantitative estimate of drug-likeness (QED) is 0.833. The second-order valence-electron chi connectivity index (χ2n) is 5.37. The molecule has 2 heterocycles. The first kappa shape index (κ1) is 18.9. The molecule has 2 fully saturated rings. The van der Waals surface area contributed by atoms with Crippen LogP contribution in [0.4, 0.5) is 0 Å². The highest BCUT2D eigenvalue weighted by Gasteiger charge is 2.11. The molecular formula is C16H37N3.